The van der Waals surface area contributed by atoms with Crippen molar-refractivity contribution in [1.29, 1.82) is 0 Å². The molecule has 1 amide bonds. The highest BCUT2D eigenvalue weighted by molar-refractivity contribution is 5.75. The van der Waals surface area contributed by atoms with Crippen molar-refractivity contribution < 1.29 is 19.0 Å². The normalized spacial score (nSPS) is 22.6. The summed E-state index contributed by atoms with van der Waals surface area (Å²) in [6.45, 7) is 5.74. The minimum Gasteiger partial charge on any atom is -0.444 e. The first-order valence-corrected chi connectivity index (χ1v) is 9.71. The smallest absolute Gasteiger partial charge is 0.411 e. The van der Waals surface area contributed by atoms with Crippen LogP contribution in [0.4, 0.5) is 4.79 Å². The summed E-state index contributed by atoms with van der Waals surface area (Å²) in [6.07, 6.45) is 5.58. The Kier molecular flexibility index (Phi) is 5.92. The van der Waals surface area contributed by atoms with Crippen LogP contribution in [0.1, 0.15) is 63.9 Å². The summed E-state index contributed by atoms with van der Waals surface area (Å²) in [5.41, 5.74) is 2.95. The number of fused-ring (bicyclic) bond motifs is 2. The van der Waals surface area contributed by atoms with Crippen molar-refractivity contribution >= 4 is 11.7 Å². The number of benzene rings is 1. The molecule has 0 N–H and O–H groups in total. The van der Waals surface area contributed by atoms with Crippen LogP contribution in [-0.4, -0.2) is 42.9 Å². The Bertz CT molecular complexity index is 703. The molecule has 2 heterocycles. The van der Waals surface area contributed by atoms with Gasteiger partial charge in [-0.15, -0.1) is 0 Å². The van der Waals surface area contributed by atoms with Gasteiger partial charge in [0.2, 0.25) is 0 Å². The molecule has 1 aromatic carbocycles. The Morgan fingerprint density at radius 3 is 2.48 bits per heavy atom. The molecule has 5 nitrogen and oxygen atoms in total. The van der Waals surface area contributed by atoms with Gasteiger partial charge in [-0.2, -0.15) is 0 Å². The Morgan fingerprint density at radius 2 is 1.85 bits per heavy atom. The number of amides is 1. The predicted molar refractivity (Wildman–Crippen MR) is 105 cm³/mol. The van der Waals surface area contributed by atoms with Crippen molar-refractivity contribution in [3.8, 4) is 0 Å². The highest BCUT2D eigenvalue weighted by Gasteiger charge is 2.39. The molecule has 148 valence electrons. The summed E-state index contributed by atoms with van der Waals surface area (Å²) in [5, 5.41) is 0. The third-order valence-electron chi connectivity index (χ3n) is 5.23. The second-order valence-electron chi connectivity index (χ2n) is 8.33. The third kappa shape index (κ3) is 4.36. The number of hydrogen-bond donors (Lipinski definition) is 0. The fourth-order valence-corrected chi connectivity index (χ4v) is 4.17. The van der Waals surface area contributed by atoms with Crippen LogP contribution in [0, 0.1) is 0 Å². The average Bonchev–Trinajstić information content (AvgIpc) is 2.60. The number of piperidine rings is 1. The SMILES string of the molecule is COC(OC)c1ccccc1C1=CC2CCCC(C1)N2C(=O)OC(C)(C)C. The minimum atomic E-state index is -0.480. The molecule has 0 aromatic heterocycles. The molecular formula is C22H31NO4. The molecule has 0 radical (unpaired) electrons. The van der Waals surface area contributed by atoms with E-state index in [9.17, 15) is 4.79 Å². The van der Waals surface area contributed by atoms with E-state index in [0.29, 0.717) is 0 Å². The van der Waals surface area contributed by atoms with Crippen LogP contribution in [0.3, 0.4) is 0 Å². The average molecular weight is 373 g/mol. The number of methoxy groups -OCH3 is 2. The molecule has 27 heavy (non-hydrogen) atoms. The number of nitrogens with zero attached hydrogens (tertiary/aromatic N) is 1. The van der Waals surface area contributed by atoms with E-state index >= 15 is 0 Å². The first-order valence-electron chi connectivity index (χ1n) is 9.71. The maximum atomic E-state index is 12.8. The van der Waals surface area contributed by atoms with Gasteiger partial charge in [0.25, 0.3) is 0 Å². The zero-order valence-electron chi connectivity index (χ0n) is 17.0. The molecule has 0 saturated carbocycles. The van der Waals surface area contributed by atoms with Gasteiger partial charge in [0.05, 0.1) is 6.04 Å². The molecule has 2 atom stereocenters. The molecule has 1 fully saturated rings. The van der Waals surface area contributed by atoms with Crippen molar-refractivity contribution in [2.45, 2.75) is 70.4 Å². The van der Waals surface area contributed by atoms with Gasteiger partial charge < -0.3 is 14.2 Å². The van der Waals surface area contributed by atoms with E-state index in [-0.39, 0.29) is 18.2 Å². The van der Waals surface area contributed by atoms with E-state index in [1.165, 1.54) is 5.57 Å². The lowest BCUT2D eigenvalue weighted by Gasteiger charge is -2.45. The van der Waals surface area contributed by atoms with Crippen molar-refractivity contribution in [3.63, 3.8) is 0 Å². The molecule has 2 bridgehead atoms. The van der Waals surface area contributed by atoms with E-state index in [2.05, 4.69) is 12.1 Å². The van der Waals surface area contributed by atoms with E-state index in [1.54, 1.807) is 14.2 Å². The van der Waals surface area contributed by atoms with E-state index in [0.717, 1.165) is 36.8 Å². The van der Waals surface area contributed by atoms with Gasteiger partial charge in [0.15, 0.2) is 6.29 Å². The fraction of sp³-hybridized carbons (Fsp3) is 0.591. The zero-order chi connectivity index (χ0) is 19.6. The molecule has 3 rings (SSSR count). The number of hydrogen-bond acceptors (Lipinski definition) is 4. The van der Waals surface area contributed by atoms with Gasteiger partial charge in [-0.05, 0) is 57.6 Å². The lowest BCUT2D eigenvalue weighted by molar-refractivity contribution is -0.106. The molecule has 0 aliphatic carbocycles. The van der Waals surface area contributed by atoms with E-state index < -0.39 is 11.9 Å². The second kappa shape index (κ2) is 8.03. The van der Waals surface area contributed by atoms with E-state index in [1.807, 2.05) is 43.9 Å². The number of carbonyl (C=O) groups is 1. The van der Waals surface area contributed by atoms with Crippen LogP contribution < -0.4 is 0 Å². The lowest BCUT2D eigenvalue weighted by atomic mass is 9.82. The molecule has 1 saturated heterocycles. The molecule has 2 aliphatic rings. The van der Waals surface area contributed by atoms with Gasteiger partial charge in [-0.1, -0.05) is 30.3 Å². The van der Waals surface area contributed by atoms with Crippen molar-refractivity contribution in [2.75, 3.05) is 14.2 Å². The lowest BCUT2D eigenvalue weighted by Crippen LogP contribution is -2.53. The molecular weight excluding hydrogens is 342 g/mol. The van der Waals surface area contributed by atoms with Crippen molar-refractivity contribution in [3.05, 3.63) is 41.5 Å². The van der Waals surface area contributed by atoms with Crippen LogP contribution in [0.2, 0.25) is 0 Å². The largest absolute Gasteiger partial charge is 0.444 e. The highest BCUT2D eigenvalue weighted by Crippen LogP contribution is 2.40. The van der Waals surface area contributed by atoms with Gasteiger partial charge >= 0.3 is 6.09 Å². The van der Waals surface area contributed by atoms with Crippen molar-refractivity contribution in [2.24, 2.45) is 0 Å². The second-order valence-corrected chi connectivity index (χ2v) is 8.33. The Morgan fingerprint density at radius 1 is 1.15 bits per heavy atom. The predicted octanol–water partition coefficient (Wildman–Crippen LogP) is 4.92. The molecule has 1 aromatic rings. The van der Waals surface area contributed by atoms with Gasteiger partial charge in [0.1, 0.15) is 5.60 Å². The summed E-state index contributed by atoms with van der Waals surface area (Å²) in [7, 11) is 3.30. The summed E-state index contributed by atoms with van der Waals surface area (Å²) in [4.78, 5) is 14.7. The first-order chi connectivity index (χ1) is 12.8. The fourth-order valence-electron chi connectivity index (χ4n) is 4.17. The molecule has 5 heteroatoms. The summed E-state index contributed by atoms with van der Waals surface area (Å²) in [5.74, 6) is 0. The molecule has 2 unspecified atom stereocenters. The maximum absolute atomic E-state index is 12.8. The highest BCUT2D eigenvalue weighted by atomic mass is 16.7. The monoisotopic (exact) mass is 373 g/mol. The number of ether oxygens (including phenoxy) is 3. The van der Waals surface area contributed by atoms with Crippen LogP contribution in [0.25, 0.3) is 5.57 Å². The maximum Gasteiger partial charge on any atom is 0.411 e. The van der Waals surface area contributed by atoms with E-state index in [4.69, 9.17) is 14.2 Å². The first kappa shape index (κ1) is 19.9. The molecule has 0 spiro atoms. The molecule has 2 aliphatic heterocycles. The van der Waals surface area contributed by atoms with Crippen molar-refractivity contribution in [1.82, 2.24) is 4.90 Å². The standard InChI is InChI=1S/C22H31NO4/c1-22(2,3)27-21(24)23-16-9-8-10-17(23)14-15(13-16)18-11-6-7-12-19(18)20(25-4)26-5/h6-7,11-13,16-17,20H,8-10,14H2,1-5H3. The van der Waals surface area contributed by atoms with Crippen LogP contribution in [-0.2, 0) is 14.2 Å². The number of rotatable bonds is 4. The summed E-state index contributed by atoms with van der Waals surface area (Å²) >= 11 is 0. The Labute approximate surface area is 162 Å². The number of carbonyl (C=O) groups excluding carboxylic acids is 1. The van der Waals surface area contributed by atoms with Gasteiger partial charge in [-0.3, -0.25) is 4.90 Å². The van der Waals surface area contributed by atoms with Gasteiger partial charge in [-0.25, -0.2) is 4.79 Å². The van der Waals surface area contributed by atoms with Crippen LogP contribution in [0.15, 0.2) is 30.3 Å². The summed E-state index contributed by atoms with van der Waals surface area (Å²) in [6, 6.07) is 8.46. The third-order valence-corrected chi connectivity index (χ3v) is 5.23. The van der Waals surface area contributed by atoms with Crippen LogP contribution >= 0.6 is 0 Å². The topological polar surface area (TPSA) is 48.0 Å². The zero-order valence-corrected chi connectivity index (χ0v) is 17.0. The van der Waals surface area contributed by atoms with Gasteiger partial charge in [0, 0.05) is 25.8 Å². The Balaban J connectivity index is 1.92. The Hall–Kier alpha value is -1.85. The quantitative estimate of drug-likeness (QED) is 0.703. The summed E-state index contributed by atoms with van der Waals surface area (Å²) < 4.78 is 16.7. The van der Waals surface area contributed by atoms with Crippen LogP contribution in [0.5, 0.6) is 0 Å². The minimum absolute atomic E-state index is 0.0824.